The molecule has 2 saturated carbocycles. The Morgan fingerprint density at radius 1 is 0.846 bits per heavy atom. The van der Waals surface area contributed by atoms with Crippen LogP contribution in [0.25, 0.3) is 0 Å². The van der Waals surface area contributed by atoms with Crippen molar-refractivity contribution in [2.24, 2.45) is 17.8 Å². The molecule has 0 unspecified atom stereocenters. The van der Waals surface area contributed by atoms with Crippen LogP contribution in [0.5, 0.6) is 0 Å². The van der Waals surface area contributed by atoms with Gasteiger partial charge in [-0.25, -0.2) is 13.2 Å². The van der Waals surface area contributed by atoms with Gasteiger partial charge in [-0.1, -0.05) is 31.4 Å². The van der Waals surface area contributed by atoms with E-state index in [0.29, 0.717) is 12.2 Å². The van der Waals surface area contributed by atoms with Gasteiger partial charge in [0.2, 0.25) is 0 Å². The van der Waals surface area contributed by atoms with E-state index in [2.05, 4.69) is 0 Å². The second kappa shape index (κ2) is 9.62. The van der Waals surface area contributed by atoms with Gasteiger partial charge in [0.1, 0.15) is 0 Å². The third-order valence-corrected chi connectivity index (χ3v) is 6.82. The lowest BCUT2D eigenvalue weighted by molar-refractivity contribution is 0.156. The molecule has 3 rings (SSSR count). The zero-order chi connectivity index (χ0) is 18.4. The number of halogens is 3. The molecular weight excluding hydrogens is 333 g/mol. The second-order valence-electron chi connectivity index (χ2n) is 8.36. The first-order chi connectivity index (χ1) is 12.7. The smallest absolute Gasteiger partial charge is 0.159 e. The number of rotatable bonds is 6. The third kappa shape index (κ3) is 5.14. The molecule has 26 heavy (non-hydrogen) atoms. The summed E-state index contributed by atoms with van der Waals surface area (Å²) in [4.78, 5) is 0. The first-order valence-electron chi connectivity index (χ1n) is 10.4. The van der Waals surface area contributed by atoms with Crippen molar-refractivity contribution in [1.82, 2.24) is 0 Å². The summed E-state index contributed by atoms with van der Waals surface area (Å²) in [5.74, 6) is 1.42. The molecule has 144 valence electrons. The Labute approximate surface area is 155 Å². The fraction of sp³-hybridized carbons (Fsp3) is 0.652. The van der Waals surface area contributed by atoms with Crippen molar-refractivity contribution in [3.63, 3.8) is 0 Å². The van der Waals surface area contributed by atoms with E-state index in [0.717, 1.165) is 49.0 Å². The van der Waals surface area contributed by atoms with E-state index in [1.807, 2.05) is 0 Å². The first-order valence-corrected chi connectivity index (χ1v) is 10.4. The van der Waals surface area contributed by atoms with Crippen LogP contribution < -0.4 is 0 Å². The highest BCUT2D eigenvalue weighted by molar-refractivity contribution is 5.22. The molecule has 0 nitrogen and oxygen atoms in total. The van der Waals surface area contributed by atoms with Crippen LogP contribution in [-0.4, -0.2) is 0 Å². The van der Waals surface area contributed by atoms with Gasteiger partial charge in [0.05, 0.1) is 6.33 Å². The van der Waals surface area contributed by atoms with Crippen LogP contribution in [0.2, 0.25) is 0 Å². The average molecular weight is 364 g/mol. The zero-order valence-corrected chi connectivity index (χ0v) is 15.6. The SMILES string of the molecule is FC=CCCCC1CCC(C2CCC(c3ccc(F)c(F)c3)CC2)CC1. The second-order valence-corrected chi connectivity index (χ2v) is 8.36. The molecule has 0 bridgehead atoms. The van der Waals surface area contributed by atoms with E-state index in [1.54, 1.807) is 12.1 Å². The normalized spacial score (nSPS) is 30.0. The van der Waals surface area contributed by atoms with Gasteiger partial charge in [-0.15, -0.1) is 0 Å². The summed E-state index contributed by atoms with van der Waals surface area (Å²) in [6.45, 7) is 0. The molecule has 2 aliphatic carbocycles. The maximum Gasteiger partial charge on any atom is 0.159 e. The van der Waals surface area contributed by atoms with Crippen LogP contribution in [0.15, 0.2) is 30.6 Å². The fourth-order valence-corrected chi connectivity index (χ4v) is 5.23. The first kappa shape index (κ1) is 19.5. The number of unbranched alkanes of at least 4 members (excludes halogenated alkanes) is 1. The molecule has 0 N–H and O–H groups in total. The Kier molecular flexibility index (Phi) is 7.22. The van der Waals surface area contributed by atoms with E-state index in [4.69, 9.17) is 0 Å². The van der Waals surface area contributed by atoms with Gasteiger partial charge in [0.25, 0.3) is 0 Å². The molecule has 0 saturated heterocycles. The molecule has 0 heterocycles. The summed E-state index contributed by atoms with van der Waals surface area (Å²) < 4.78 is 38.6. The average Bonchev–Trinajstić information content (AvgIpc) is 2.68. The minimum atomic E-state index is -0.750. The summed E-state index contributed by atoms with van der Waals surface area (Å²) in [6.07, 6.45) is 15.5. The number of allylic oxidation sites excluding steroid dienone is 1. The van der Waals surface area contributed by atoms with Gasteiger partial charge in [-0.2, -0.15) is 0 Å². The number of hydrogen-bond acceptors (Lipinski definition) is 0. The van der Waals surface area contributed by atoms with Crippen molar-refractivity contribution in [1.29, 1.82) is 0 Å². The zero-order valence-electron chi connectivity index (χ0n) is 15.6. The van der Waals surface area contributed by atoms with Crippen molar-refractivity contribution >= 4 is 0 Å². The molecule has 0 aromatic heterocycles. The molecule has 0 radical (unpaired) electrons. The van der Waals surface area contributed by atoms with Crippen LogP contribution in [0.1, 0.15) is 82.1 Å². The van der Waals surface area contributed by atoms with E-state index in [1.165, 1.54) is 57.1 Å². The summed E-state index contributed by atoms with van der Waals surface area (Å²) >= 11 is 0. The van der Waals surface area contributed by atoms with E-state index >= 15 is 0 Å². The summed E-state index contributed by atoms with van der Waals surface area (Å²) in [6, 6.07) is 4.41. The minimum Gasteiger partial charge on any atom is -0.216 e. The van der Waals surface area contributed by atoms with Gasteiger partial charge in [-0.05, 0) is 92.7 Å². The largest absolute Gasteiger partial charge is 0.216 e. The quantitative estimate of drug-likeness (QED) is 0.454. The molecule has 2 aliphatic rings. The van der Waals surface area contributed by atoms with Crippen LogP contribution in [0, 0.1) is 29.4 Å². The van der Waals surface area contributed by atoms with Crippen molar-refractivity contribution in [3.8, 4) is 0 Å². The molecular formula is C23H31F3. The highest BCUT2D eigenvalue weighted by atomic mass is 19.2. The molecule has 1 aromatic carbocycles. The molecule has 2 fully saturated rings. The highest BCUT2D eigenvalue weighted by Gasteiger charge is 2.31. The summed E-state index contributed by atoms with van der Waals surface area (Å²) in [5.41, 5.74) is 0.966. The van der Waals surface area contributed by atoms with Crippen molar-refractivity contribution in [2.45, 2.75) is 76.5 Å². The highest BCUT2D eigenvalue weighted by Crippen LogP contribution is 2.44. The van der Waals surface area contributed by atoms with Gasteiger partial charge in [0.15, 0.2) is 11.6 Å². The maximum absolute atomic E-state index is 13.5. The molecule has 0 aliphatic heterocycles. The topological polar surface area (TPSA) is 0 Å². The fourth-order valence-electron chi connectivity index (χ4n) is 5.23. The van der Waals surface area contributed by atoms with Crippen LogP contribution in [0.4, 0.5) is 13.2 Å². The standard InChI is InChI=1S/C23H31F3/c24-15-3-1-2-4-17-5-7-18(8-6-17)19-9-11-20(12-10-19)21-13-14-22(25)23(26)16-21/h3,13-20H,1-2,4-12H2. The molecule has 0 atom stereocenters. The Bertz CT molecular complexity index is 579. The Balaban J connectivity index is 1.41. The van der Waals surface area contributed by atoms with Gasteiger partial charge in [-0.3, -0.25) is 0 Å². The van der Waals surface area contributed by atoms with Crippen LogP contribution in [0.3, 0.4) is 0 Å². The third-order valence-electron chi connectivity index (χ3n) is 6.82. The minimum absolute atomic E-state index is 0.390. The molecule has 0 amide bonds. The van der Waals surface area contributed by atoms with Crippen molar-refractivity contribution in [3.05, 3.63) is 47.8 Å². The number of benzene rings is 1. The van der Waals surface area contributed by atoms with E-state index < -0.39 is 11.6 Å². The Morgan fingerprint density at radius 2 is 1.50 bits per heavy atom. The predicted molar refractivity (Wildman–Crippen MR) is 101 cm³/mol. The van der Waals surface area contributed by atoms with Crippen molar-refractivity contribution in [2.75, 3.05) is 0 Å². The lowest BCUT2D eigenvalue weighted by Gasteiger charge is -2.38. The van der Waals surface area contributed by atoms with E-state index in [-0.39, 0.29) is 0 Å². The van der Waals surface area contributed by atoms with Crippen LogP contribution in [-0.2, 0) is 0 Å². The maximum atomic E-state index is 13.5. The Hall–Kier alpha value is -1.25. The predicted octanol–water partition coefficient (Wildman–Crippen LogP) is 7.70. The molecule has 0 spiro atoms. The molecule has 3 heteroatoms. The van der Waals surface area contributed by atoms with Gasteiger partial charge < -0.3 is 0 Å². The lowest BCUT2D eigenvalue weighted by Crippen LogP contribution is -2.25. The summed E-state index contributed by atoms with van der Waals surface area (Å²) in [5, 5.41) is 0. The van der Waals surface area contributed by atoms with Gasteiger partial charge in [0, 0.05) is 0 Å². The van der Waals surface area contributed by atoms with Crippen LogP contribution >= 0.6 is 0 Å². The number of hydrogen-bond donors (Lipinski definition) is 0. The Morgan fingerprint density at radius 3 is 2.12 bits per heavy atom. The molecule has 1 aromatic rings. The lowest BCUT2D eigenvalue weighted by atomic mass is 9.68. The monoisotopic (exact) mass is 364 g/mol. The summed E-state index contributed by atoms with van der Waals surface area (Å²) in [7, 11) is 0. The van der Waals surface area contributed by atoms with E-state index in [9.17, 15) is 13.2 Å². The van der Waals surface area contributed by atoms with Gasteiger partial charge >= 0.3 is 0 Å². The van der Waals surface area contributed by atoms with Crippen molar-refractivity contribution < 1.29 is 13.2 Å².